The van der Waals surface area contributed by atoms with Crippen molar-refractivity contribution in [3.05, 3.63) is 12.3 Å². The molecule has 0 aromatic carbocycles. The van der Waals surface area contributed by atoms with Crippen LogP contribution >= 0.6 is 0 Å². The van der Waals surface area contributed by atoms with Crippen molar-refractivity contribution < 1.29 is 8.42 Å². The summed E-state index contributed by atoms with van der Waals surface area (Å²) in [6.07, 6.45) is 5.54. The average molecular weight is 272 g/mol. The van der Waals surface area contributed by atoms with Crippen LogP contribution in [0.5, 0.6) is 0 Å². The van der Waals surface area contributed by atoms with Crippen LogP contribution in [0.4, 0.5) is 0 Å². The minimum absolute atomic E-state index is 0.0912. The Hall–Kier alpha value is -0.920. The molecular formula is C11H20N4O2S. The van der Waals surface area contributed by atoms with Crippen molar-refractivity contribution in [3.8, 4) is 0 Å². The van der Waals surface area contributed by atoms with E-state index in [9.17, 15) is 8.42 Å². The van der Waals surface area contributed by atoms with Gasteiger partial charge in [0.2, 0.25) is 0 Å². The predicted molar refractivity (Wildman–Crippen MR) is 68.4 cm³/mol. The van der Waals surface area contributed by atoms with Gasteiger partial charge in [0.05, 0.1) is 6.20 Å². The van der Waals surface area contributed by atoms with Crippen molar-refractivity contribution in [2.75, 3.05) is 13.1 Å². The van der Waals surface area contributed by atoms with E-state index in [1.165, 1.54) is 16.9 Å². The van der Waals surface area contributed by atoms with Crippen molar-refractivity contribution in [1.82, 2.24) is 14.1 Å². The molecule has 2 rings (SSSR count). The van der Waals surface area contributed by atoms with Crippen molar-refractivity contribution in [1.29, 1.82) is 0 Å². The van der Waals surface area contributed by atoms with E-state index >= 15 is 0 Å². The lowest BCUT2D eigenvalue weighted by Crippen LogP contribution is -2.42. The molecule has 1 heterocycles. The number of nitrogens with two attached hydrogens (primary N) is 1. The second kappa shape index (κ2) is 5.38. The van der Waals surface area contributed by atoms with E-state index in [1.54, 1.807) is 11.4 Å². The maximum atomic E-state index is 12.6. The Morgan fingerprint density at radius 3 is 2.67 bits per heavy atom. The number of rotatable bonds is 5. The van der Waals surface area contributed by atoms with Gasteiger partial charge in [-0.2, -0.15) is 9.40 Å². The second-order valence-electron chi connectivity index (χ2n) is 4.64. The molecule has 0 saturated heterocycles. The molecule has 0 aliphatic heterocycles. The highest BCUT2D eigenvalue weighted by Crippen LogP contribution is 2.27. The molecule has 18 heavy (non-hydrogen) atoms. The molecule has 0 atom stereocenters. The van der Waals surface area contributed by atoms with Gasteiger partial charge in [-0.25, -0.2) is 8.42 Å². The SMILES string of the molecule is Cn1nccc1S(=O)(=O)N(CCN)C1CCCC1. The Bertz CT molecular complexity index is 491. The number of aryl methyl sites for hydroxylation is 1. The molecule has 1 aliphatic rings. The average Bonchev–Trinajstić information content (AvgIpc) is 2.96. The molecule has 0 amide bonds. The minimum Gasteiger partial charge on any atom is -0.329 e. The molecule has 1 aromatic rings. The first-order chi connectivity index (χ1) is 8.57. The van der Waals surface area contributed by atoms with Gasteiger partial charge in [0.25, 0.3) is 10.0 Å². The summed E-state index contributed by atoms with van der Waals surface area (Å²) in [6, 6.07) is 1.63. The summed E-state index contributed by atoms with van der Waals surface area (Å²) in [4.78, 5) is 0. The highest BCUT2D eigenvalue weighted by molar-refractivity contribution is 7.89. The Balaban J connectivity index is 2.32. The van der Waals surface area contributed by atoms with E-state index in [4.69, 9.17) is 5.73 Å². The molecule has 1 saturated carbocycles. The summed E-state index contributed by atoms with van der Waals surface area (Å²) < 4.78 is 28.2. The van der Waals surface area contributed by atoms with Gasteiger partial charge in [-0.05, 0) is 18.9 Å². The van der Waals surface area contributed by atoms with Gasteiger partial charge in [-0.3, -0.25) is 4.68 Å². The van der Waals surface area contributed by atoms with Gasteiger partial charge in [-0.1, -0.05) is 12.8 Å². The Morgan fingerprint density at radius 1 is 1.50 bits per heavy atom. The van der Waals surface area contributed by atoms with Crippen LogP contribution in [0.1, 0.15) is 25.7 Å². The molecule has 7 heteroatoms. The third-order valence-electron chi connectivity index (χ3n) is 3.43. The second-order valence-corrected chi connectivity index (χ2v) is 6.47. The Kier molecular flexibility index (Phi) is 4.04. The van der Waals surface area contributed by atoms with Crippen LogP contribution in [0.2, 0.25) is 0 Å². The lowest BCUT2D eigenvalue weighted by Gasteiger charge is -2.27. The van der Waals surface area contributed by atoms with Gasteiger partial charge in [0.15, 0.2) is 5.03 Å². The number of nitrogens with zero attached hydrogens (tertiary/aromatic N) is 3. The summed E-state index contributed by atoms with van der Waals surface area (Å²) in [5.41, 5.74) is 5.56. The van der Waals surface area contributed by atoms with E-state index in [-0.39, 0.29) is 11.1 Å². The summed E-state index contributed by atoms with van der Waals surface area (Å²) in [5, 5.41) is 4.17. The molecule has 0 unspecified atom stereocenters. The van der Waals surface area contributed by atoms with Crippen LogP contribution in [0, 0.1) is 0 Å². The fraction of sp³-hybridized carbons (Fsp3) is 0.727. The first-order valence-electron chi connectivity index (χ1n) is 6.27. The zero-order chi connectivity index (χ0) is 13.2. The summed E-state index contributed by atoms with van der Waals surface area (Å²) in [6.45, 7) is 0.714. The van der Waals surface area contributed by atoms with Crippen LogP contribution in [-0.4, -0.2) is 41.6 Å². The largest absolute Gasteiger partial charge is 0.329 e. The van der Waals surface area contributed by atoms with Crippen LogP contribution in [0.25, 0.3) is 0 Å². The Morgan fingerprint density at radius 2 is 2.17 bits per heavy atom. The van der Waals surface area contributed by atoms with E-state index in [2.05, 4.69) is 5.10 Å². The molecule has 0 spiro atoms. The normalized spacial score (nSPS) is 17.7. The molecule has 1 aromatic heterocycles. The molecule has 1 fully saturated rings. The summed E-state index contributed by atoms with van der Waals surface area (Å²) in [5.74, 6) is 0. The van der Waals surface area contributed by atoms with Gasteiger partial charge in [0.1, 0.15) is 0 Å². The third kappa shape index (κ3) is 2.43. The lowest BCUT2D eigenvalue weighted by atomic mass is 10.2. The van der Waals surface area contributed by atoms with Crippen LogP contribution in [0.3, 0.4) is 0 Å². The van der Waals surface area contributed by atoms with Crippen molar-refractivity contribution in [2.24, 2.45) is 12.8 Å². The third-order valence-corrected chi connectivity index (χ3v) is 5.46. The monoisotopic (exact) mass is 272 g/mol. The quantitative estimate of drug-likeness (QED) is 0.836. The first-order valence-corrected chi connectivity index (χ1v) is 7.71. The summed E-state index contributed by atoms with van der Waals surface area (Å²) in [7, 11) is -1.84. The van der Waals surface area contributed by atoms with Crippen molar-refractivity contribution in [2.45, 2.75) is 36.8 Å². The fourth-order valence-electron chi connectivity index (χ4n) is 2.55. The summed E-state index contributed by atoms with van der Waals surface area (Å²) >= 11 is 0. The maximum Gasteiger partial charge on any atom is 0.260 e. The molecular weight excluding hydrogens is 252 g/mol. The highest BCUT2D eigenvalue weighted by Gasteiger charge is 2.34. The van der Waals surface area contributed by atoms with Crippen LogP contribution in [-0.2, 0) is 17.1 Å². The molecule has 1 aliphatic carbocycles. The van der Waals surface area contributed by atoms with Crippen LogP contribution < -0.4 is 5.73 Å². The van der Waals surface area contributed by atoms with Gasteiger partial charge in [0, 0.05) is 26.2 Å². The lowest BCUT2D eigenvalue weighted by molar-refractivity contribution is 0.326. The van der Waals surface area contributed by atoms with E-state index in [1.807, 2.05) is 0 Å². The molecule has 6 nitrogen and oxygen atoms in total. The maximum absolute atomic E-state index is 12.6. The van der Waals surface area contributed by atoms with Gasteiger partial charge >= 0.3 is 0 Å². The molecule has 0 bridgehead atoms. The van der Waals surface area contributed by atoms with Crippen molar-refractivity contribution >= 4 is 10.0 Å². The van der Waals surface area contributed by atoms with E-state index < -0.39 is 10.0 Å². The fourth-order valence-corrected chi connectivity index (χ4v) is 4.36. The topological polar surface area (TPSA) is 81.2 Å². The first kappa shape index (κ1) is 13.5. The van der Waals surface area contributed by atoms with Crippen LogP contribution in [0.15, 0.2) is 17.3 Å². The van der Waals surface area contributed by atoms with Gasteiger partial charge in [-0.15, -0.1) is 0 Å². The molecule has 102 valence electrons. The number of hydrogen-bond donors (Lipinski definition) is 1. The number of sulfonamides is 1. The number of hydrogen-bond acceptors (Lipinski definition) is 4. The predicted octanol–water partition coefficient (Wildman–Crippen LogP) is 0.312. The zero-order valence-electron chi connectivity index (χ0n) is 10.6. The smallest absolute Gasteiger partial charge is 0.260 e. The zero-order valence-corrected chi connectivity index (χ0v) is 11.4. The number of aromatic nitrogens is 2. The van der Waals surface area contributed by atoms with E-state index in [0.29, 0.717) is 13.1 Å². The van der Waals surface area contributed by atoms with E-state index in [0.717, 1.165) is 25.7 Å². The molecule has 0 radical (unpaired) electrons. The highest BCUT2D eigenvalue weighted by atomic mass is 32.2. The standard InChI is InChI=1S/C11H20N4O2S/c1-14-11(6-8-13-14)18(16,17)15(9-7-12)10-4-2-3-5-10/h6,8,10H,2-5,7,9,12H2,1H3. The van der Waals surface area contributed by atoms with Gasteiger partial charge < -0.3 is 5.73 Å². The Labute approximate surface area is 108 Å². The van der Waals surface area contributed by atoms with Crippen molar-refractivity contribution in [3.63, 3.8) is 0 Å². The minimum atomic E-state index is -3.48. The molecule has 2 N–H and O–H groups in total.